The van der Waals surface area contributed by atoms with Gasteiger partial charge in [-0.05, 0) is 24.3 Å². The minimum atomic E-state index is -0.643. The molecule has 7 heteroatoms. The van der Waals surface area contributed by atoms with Crippen LogP contribution in [0, 0.1) is 0 Å². The van der Waals surface area contributed by atoms with Crippen molar-refractivity contribution in [3.05, 3.63) is 68.1 Å². The fourth-order valence-electron chi connectivity index (χ4n) is 2.22. The number of carbonyl (C=O) groups is 1. The van der Waals surface area contributed by atoms with E-state index in [0.717, 1.165) is 10.0 Å². The molecule has 0 N–H and O–H groups in total. The van der Waals surface area contributed by atoms with Crippen molar-refractivity contribution in [3.8, 4) is 0 Å². The Labute approximate surface area is 151 Å². The summed E-state index contributed by atoms with van der Waals surface area (Å²) in [7, 11) is 0. The maximum absolute atomic E-state index is 11.9. The molecule has 0 saturated heterocycles. The van der Waals surface area contributed by atoms with Crippen LogP contribution in [0.4, 0.5) is 0 Å². The van der Waals surface area contributed by atoms with Crippen LogP contribution in [-0.4, -0.2) is 16.8 Å². The minimum absolute atomic E-state index is 0.233. The fourth-order valence-corrected chi connectivity index (χ4v) is 3.02. The van der Waals surface area contributed by atoms with Gasteiger partial charge in [-0.2, -0.15) is 5.01 Å². The van der Waals surface area contributed by atoms with Crippen LogP contribution in [0.15, 0.2) is 52.0 Å². The van der Waals surface area contributed by atoms with Gasteiger partial charge in [-0.25, -0.2) is 0 Å². The number of benzene rings is 2. The molecule has 23 heavy (non-hydrogen) atoms. The minimum Gasteiger partial charge on any atom is -0.446 e. The second kappa shape index (κ2) is 6.51. The lowest BCUT2D eigenvalue weighted by atomic mass is 10.2. The summed E-state index contributed by atoms with van der Waals surface area (Å²) in [6.45, 7) is 1.43. The topological polar surface area (TPSA) is 41.9 Å². The number of hydrazone groups is 1. The van der Waals surface area contributed by atoms with Gasteiger partial charge < -0.3 is 4.74 Å². The monoisotopic (exact) mass is 412 g/mol. The summed E-state index contributed by atoms with van der Waals surface area (Å²) >= 11 is 15.7. The van der Waals surface area contributed by atoms with E-state index in [1.807, 2.05) is 24.3 Å². The Balaban J connectivity index is 2.01. The van der Waals surface area contributed by atoms with Gasteiger partial charge in [-0.3, -0.25) is 4.79 Å². The Kier molecular flexibility index (Phi) is 4.62. The van der Waals surface area contributed by atoms with Crippen molar-refractivity contribution in [1.29, 1.82) is 0 Å². The molecule has 1 aliphatic rings. The molecule has 0 saturated carbocycles. The highest BCUT2D eigenvalue weighted by molar-refractivity contribution is 9.10. The van der Waals surface area contributed by atoms with Crippen molar-refractivity contribution in [2.45, 2.75) is 13.2 Å². The van der Waals surface area contributed by atoms with Gasteiger partial charge in [0.25, 0.3) is 0 Å². The Bertz CT molecular complexity index is 810. The zero-order valence-electron chi connectivity index (χ0n) is 12.0. The van der Waals surface area contributed by atoms with E-state index >= 15 is 0 Å². The molecule has 118 valence electrons. The first-order valence-electron chi connectivity index (χ1n) is 6.72. The van der Waals surface area contributed by atoms with Crippen LogP contribution in [-0.2, 0) is 9.53 Å². The molecule has 2 aromatic carbocycles. The molecule has 0 fully saturated rings. The molecule has 3 rings (SSSR count). The predicted octanol–water partition coefficient (Wildman–Crippen LogP) is 5.00. The number of hydrogen-bond acceptors (Lipinski definition) is 3. The van der Waals surface area contributed by atoms with E-state index in [0.29, 0.717) is 15.6 Å². The highest BCUT2D eigenvalue weighted by Crippen LogP contribution is 2.34. The largest absolute Gasteiger partial charge is 0.446 e. The standard InChI is InChI=1S/C16H11BrCl2N2O2/c1-9(22)21-16(10-4-2-5-11(17)8-10)23-15(20-21)12-6-3-7-13(18)14(12)19/h2-8,16H,1H3/t16-/m1/s1. The molecular weight excluding hydrogens is 403 g/mol. The molecular formula is C16H11BrCl2N2O2. The second-order valence-electron chi connectivity index (χ2n) is 4.90. The maximum Gasteiger partial charge on any atom is 0.243 e. The van der Waals surface area contributed by atoms with Crippen LogP contribution in [0.2, 0.25) is 10.0 Å². The van der Waals surface area contributed by atoms with Gasteiger partial charge in [0.1, 0.15) is 0 Å². The zero-order chi connectivity index (χ0) is 16.6. The average Bonchev–Trinajstić information content (AvgIpc) is 2.95. The van der Waals surface area contributed by atoms with Gasteiger partial charge in [0, 0.05) is 17.0 Å². The molecule has 0 spiro atoms. The van der Waals surface area contributed by atoms with Crippen molar-refractivity contribution >= 4 is 50.9 Å². The van der Waals surface area contributed by atoms with E-state index in [4.69, 9.17) is 27.9 Å². The fraction of sp³-hybridized carbons (Fsp3) is 0.125. The zero-order valence-corrected chi connectivity index (χ0v) is 15.1. The lowest BCUT2D eigenvalue weighted by Gasteiger charge is -2.19. The van der Waals surface area contributed by atoms with Gasteiger partial charge in [0.2, 0.25) is 18.0 Å². The molecule has 1 heterocycles. The highest BCUT2D eigenvalue weighted by Gasteiger charge is 2.34. The smallest absolute Gasteiger partial charge is 0.243 e. The molecule has 0 aromatic heterocycles. The van der Waals surface area contributed by atoms with Gasteiger partial charge in [-0.15, -0.1) is 5.10 Å². The number of hydrogen-bond donors (Lipinski definition) is 0. The molecule has 1 atom stereocenters. The Hall–Kier alpha value is -1.56. The molecule has 0 radical (unpaired) electrons. The summed E-state index contributed by atoms with van der Waals surface area (Å²) in [5.74, 6) is 0.0285. The summed E-state index contributed by atoms with van der Waals surface area (Å²) < 4.78 is 6.77. The molecule has 4 nitrogen and oxygen atoms in total. The van der Waals surface area contributed by atoms with Gasteiger partial charge >= 0.3 is 0 Å². The lowest BCUT2D eigenvalue weighted by Crippen LogP contribution is -2.25. The summed E-state index contributed by atoms with van der Waals surface area (Å²) in [4.78, 5) is 11.9. The summed E-state index contributed by atoms with van der Waals surface area (Å²) in [5.41, 5.74) is 1.34. The van der Waals surface area contributed by atoms with Crippen LogP contribution in [0.25, 0.3) is 0 Å². The number of amides is 1. The number of carbonyl (C=O) groups excluding carboxylic acids is 1. The van der Waals surface area contributed by atoms with E-state index in [1.54, 1.807) is 18.2 Å². The number of rotatable bonds is 2. The van der Waals surface area contributed by atoms with Gasteiger partial charge in [0.05, 0.1) is 15.6 Å². The van der Waals surface area contributed by atoms with Crippen molar-refractivity contribution < 1.29 is 9.53 Å². The summed E-state index contributed by atoms with van der Waals surface area (Å²) in [5, 5.41) is 6.29. The SMILES string of the molecule is CC(=O)N1N=C(c2cccc(Cl)c2Cl)O[C@@H]1c1cccc(Br)c1. The Morgan fingerprint density at radius 1 is 1.26 bits per heavy atom. The number of nitrogens with zero attached hydrogens (tertiary/aromatic N) is 2. The molecule has 2 aromatic rings. The van der Waals surface area contributed by atoms with E-state index in [-0.39, 0.29) is 11.8 Å². The normalized spacial score (nSPS) is 17.0. The van der Waals surface area contributed by atoms with Gasteiger partial charge in [0.15, 0.2) is 0 Å². The predicted molar refractivity (Wildman–Crippen MR) is 93.5 cm³/mol. The van der Waals surface area contributed by atoms with Crippen LogP contribution >= 0.6 is 39.1 Å². The van der Waals surface area contributed by atoms with E-state index in [2.05, 4.69) is 21.0 Å². The highest BCUT2D eigenvalue weighted by atomic mass is 79.9. The van der Waals surface area contributed by atoms with Gasteiger partial charge in [-0.1, -0.05) is 57.3 Å². The molecule has 0 unspecified atom stereocenters. The van der Waals surface area contributed by atoms with Crippen molar-refractivity contribution in [2.75, 3.05) is 0 Å². The van der Waals surface area contributed by atoms with E-state index in [1.165, 1.54) is 11.9 Å². The molecule has 1 aliphatic heterocycles. The number of halogens is 3. The third-order valence-corrected chi connectivity index (χ3v) is 4.59. The lowest BCUT2D eigenvalue weighted by molar-refractivity contribution is -0.135. The van der Waals surface area contributed by atoms with Crippen LogP contribution in [0.5, 0.6) is 0 Å². The van der Waals surface area contributed by atoms with E-state index < -0.39 is 6.23 Å². The van der Waals surface area contributed by atoms with Crippen molar-refractivity contribution in [1.82, 2.24) is 5.01 Å². The van der Waals surface area contributed by atoms with Crippen LogP contribution in [0.1, 0.15) is 24.3 Å². The molecule has 0 bridgehead atoms. The maximum atomic E-state index is 11.9. The first-order valence-corrected chi connectivity index (χ1v) is 8.27. The molecule has 0 aliphatic carbocycles. The Morgan fingerprint density at radius 3 is 2.70 bits per heavy atom. The van der Waals surface area contributed by atoms with E-state index in [9.17, 15) is 4.79 Å². The summed E-state index contributed by atoms with van der Waals surface area (Å²) in [6, 6.07) is 12.7. The third-order valence-electron chi connectivity index (χ3n) is 3.28. The van der Waals surface area contributed by atoms with Crippen LogP contribution in [0.3, 0.4) is 0 Å². The van der Waals surface area contributed by atoms with Crippen molar-refractivity contribution in [2.24, 2.45) is 5.10 Å². The molecule has 1 amide bonds. The average molecular weight is 414 g/mol. The van der Waals surface area contributed by atoms with Crippen molar-refractivity contribution in [3.63, 3.8) is 0 Å². The Morgan fingerprint density at radius 2 is 2.00 bits per heavy atom. The summed E-state index contributed by atoms with van der Waals surface area (Å²) in [6.07, 6.45) is -0.643. The third kappa shape index (κ3) is 3.22. The van der Waals surface area contributed by atoms with Crippen LogP contribution < -0.4 is 0 Å². The number of ether oxygens (including phenoxy) is 1. The first kappa shape index (κ1) is 16.3. The second-order valence-corrected chi connectivity index (χ2v) is 6.60. The quantitative estimate of drug-likeness (QED) is 0.695. The first-order chi connectivity index (χ1) is 11.0.